The maximum atomic E-state index is 11.9. The average Bonchev–Trinajstić information content (AvgIpc) is 2.65. The summed E-state index contributed by atoms with van der Waals surface area (Å²) in [4.78, 5) is 25.6. The second kappa shape index (κ2) is 5.34. The predicted molar refractivity (Wildman–Crippen MR) is 71.1 cm³/mol. The summed E-state index contributed by atoms with van der Waals surface area (Å²) < 4.78 is 0. The maximum Gasteiger partial charge on any atom is 0.353 e. The van der Waals surface area contributed by atoms with Crippen molar-refractivity contribution in [3.05, 3.63) is 10.6 Å². The summed E-state index contributed by atoms with van der Waals surface area (Å²) in [5, 5.41) is 9.27. The van der Waals surface area contributed by atoms with Crippen LogP contribution in [-0.4, -0.2) is 33.7 Å². The van der Waals surface area contributed by atoms with Crippen LogP contribution in [0.2, 0.25) is 0 Å². The third-order valence-electron chi connectivity index (χ3n) is 3.67. The summed E-state index contributed by atoms with van der Waals surface area (Å²) in [5.41, 5.74) is 0.246. The van der Waals surface area contributed by atoms with Crippen molar-refractivity contribution < 1.29 is 14.7 Å². The molecule has 1 fully saturated rings. The van der Waals surface area contributed by atoms with Gasteiger partial charge in [0, 0.05) is 11.3 Å². The molecule has 0 saturated carbocycles. The fourth-order valence-corrected chi connectivity index (χ4v) is 3.96. The summed E-state index contributed by atoms with van der Waals surface area (Å²) in [7, 11) is 0. The first kappa shape index (κ1) is 13.5. The highest BCUT2D eigenvalue weighted by Crippen LogP contribution is 2.46. The maximum absolute atomic E-state index is 11.9. The van der Waals surface area contributed by atoms with Gasteiger partial charge in [-0.3, -0.25) is 4.79 Å². The van der Waals surface area contributed by atoms with E-state index in [9.17, 15) is 14.7 Å². The average molecular weight is 269 g/mol. The molecule has 4 nitrogen and oxygen atoms in total. The van der Waals surface area contributed by atoms with E-state index in [4.69, 9.17) is 0 Å². The number of amides is 1. The van der Waals surface area contributed by atoms with Gasteiger partial charge in [-0.1, -0.05) is 20.3 Å². The van der Waals surface area contributed by atoms with Crippen LogP contribution in [0, 0.1) is 5.92 Å². The molecule has 2 aliphatic rings. The first-order valence-electron chi connectivity index (χ1n) is 6.54. The number of carboxylic acid groups (broad SMARTS) is 1. The van der Waals surface area contributed by atoms with Gasteiger partial charge in [0.15, 0.2) is 0 Å². The van der Waals surface area contributed by atoms with Crippen LogP contribution in [-0.2, 0) is 9.59 Å². The smallest absolute Gasteiger partial charge is 0.353 e. The first-order chi connectivity index (χ1) is 8.61. The Hall–Kier alpha value is -0.970. The lowest BCUT2D eigenvalue weighted by atomic mass is 9.85. The molecule has 0 spiro atoms. The molecule has 2 atom stereocenters. The van der Waals surface area contributed by atoms with E-state index in [0.717, 1.165) is 36.3 Å². The van der Waals surface area contributed by atoms with Gasteiger partial charge in [-0.2, -0.15) is 0 Å². The van der Waals surface area contributed by atoms with Crippen LogP contribution < -0.4 is 0 Å². The van der Waals surface area contributed by atoms with Gasteiger partial charge in [0.2, 0.25) is 5.91 Å². The Morgan fingerprint density at radius 1 is 1.50 bits per heavy atom. The minimum atomic E-state index is -0.959. The molecule has 0 bridgehead atoms. The first-order valence-corrected chi connectivity index (χ1v) is 7.52. The summed E-state index contributed by atoms with van der Waals surface area (Å²) in [6.07, 6.45) is 3.73. The highest BCUT2D eigenvalue weighted by molar-refractivity contribution is 8.03. The number of hydrogen-bond acceptors (Lipinski definition) is 3. The van der Waals surface area contributed by atoms with Crippen LogP contribution in [0.3, 0.4) is 0 Å². The van der Waals surface area contributed by atoms with Crippen molar-refractivity contribution in [3.63, 3.8) is 0 Å². The van der Waals surface area contributed by atoms with Crippen molar-refractivity contribution in [2.45, 2.75) is 45.6 Å². The van der Waals surface area contributed by atoms with Gasteiger partial charge >= 0.3 is 5.97 Å². The van der Waals surface area contributed by atoms with Crippen LogP contribution in [0.1, 0.15) is 39.5 Å². The lowest BCUT2D eigenvalue weighted by molar-refractivity contribution is -0.155. The Balaban J connectivity index is 2.12. The fraction of sp³-hybridized carbons (Fsp3) is 0.692. The van der Waals surface area contributed by atoms with E-state index >= 15 is 0 Å². The number of carbonyl (C=O) groups excluding carboxylic acids is 1. The second-order valence-electron chi connectivity index (χ2n) is 4.77. The van der Waals surface area contributed by atoms with Crippen LogP contribution in [0.15, 0.2) is 10.6 Å². The molecule has 1 amide bonds. The van der Waals surface area contributed by atoms with E-state index in [1.165, 1.54) is 4.90 Å². The van der Waals surface area contributed by atoms with Crippen LogP contribution in [0.4, 0.5) is 0 Å². The molecule has 5 heteroatoms. The SMILES string of the molecule is CCCCSC1=C(C(=O)O)N2C(=O)[C@H](CC)[C@H]2C1. The van der Waals surface area contributed by atoms with E-state index in [0.29, 0.717) is 0 Å². The van der Waals surface area contributed by atoms with Crippen LogP contribution >= 0.6 is 11.8 Å². The van der Waals surface area contributed by atoms with Crippen molar-refractivity contribution in [3.8, 4) is 0 Å². The normalized spacial score (nSPS) is 26.3. The molecule has 1 saturated heterocycles. The zero-order valence-corrected chi connectivity index (χ0v) is 11.6. The topological polar surface area (TPSA) is 57.6 Å². The monoisotopic (exact) mass is 269 g/mol. The number of rotatable bonds is 6. The van der Waals surface area contributed by atoms with Gasteiger partial charge in [0.1, 0.15) is 5.70 Å². The Kier molecular flexibility index (Phi) is 4.00. The molecule has 0 radical (unpaired) electrons. The van der Waals surface area contributed by atoms with Gasteiger partial charge < -0.3 is 10.0 Å². The number of carbonyl (C=O) groups is 2. The van der Waals surface area contributed by atoms with Crippen LogP contribution in [0.5, 0.6) is 0 Å². The van der Waals surface area contributed by atoms with Crippen molar-refractivity contribution in [2.75, 3.05) is 5.75 Å². The second-order valence-corrected chi connectivity index (χ2v) is 5.96. The Labute approximate surface area is 111 Å². The highest BCUT2D eigenvalue weighted by Gasteiger charge is 2.54. The predicted octanol–water partition coefficient (Wildman–Crippen LogP) is 2.46. The van der Waals surface area contributed by atoms with Gasteiger partial charge in [-0.25, -0.2) is 4.79 Å². The van der Waals surface area contributed by atoms with Crippen molar-refractivity contribution in [1.82, 2.24) is 4.90 Å². The van der Waals surface area contributed by atoms with E-state index in [-0.39, 0.29) is 23.6 Å². The summed E-state index contributed by atoms with van der Waals surface area (Å²) in [6.45, 7) is 4.11. The number of β-lactam (4-membered cyclic amide) rings is 1. The van der Waals surface area contributed by atoms with Crippen molar-refractivity contribution in [1.29, 1.82) is 0 Å². The zero-order chi connectivity index (χ0) is 13.3. The lowest BCUT2D eigenvalue weighted by Gasteiger charge is -2.42. The number of unbranched alkanes of at least 4 members (excludes halogenated alkanes) is 1. The molecule has 0 unspecified atom stereocenters. The van der Waals surface area contributed by atoms with Gasteiger partial charge in [0.05, 0.1) is 12.0 Å². The van der Waals surface area contributed by atoms with Crippen molar-refractivity contribution in [2.24, 2.45) is 5.92 Å². The fourth-order valence-electron chi connectivity index (χ4n) is 2.67. The standard InChI is InChI=1S/C13H19NO3S/c1-3-5-6-18-10-7-9-8(4-2)12(15)14(9)11(10)13(16)17/h8-9H,3-7H2,1-2H3,(H,16,17)/t8-,9-/m1/s1. The van der Waals surface area contributed by atoms with E-state index < -0.39 is 5.97 Å². The molecule has 100 valence electrons. The summed E-state index contributed by atoms with van der Waals surface area (Å²) in [6, 6.07) is 0.109. The third-order valence-corrected chi connectivity index (χ3v) is 4.87. The molecule has 2 aliphatic heterocycles. The Bertz CT molecular complexity index is 405. The number of hydrogen-bond donors (Lipinski definition) is 1. The molecular formula is C13H19NO3S. The molecule has 0 aromatic rings. The number of aliphatic carboxylic acids is 1. The zero-order valence-electron chi connectivity index (χ0n) is 10.8. The number of thioether (sulfide) groups is 1. The molecule has 0 aliphatic carbocycles. The van der Waals surface area contributed by atoms with E-state index in [1.807, 2.05) is 6.92 Å². The molecule has 0 aromatic carbocycles. The minimum absolute atomic E-state index is 0.00834. The summed E-state index contributed by atoms with van der Waals surface area (Å²) >= 11 is 1.61. The summed E-state index contributed by atoms with van der Waals surface area (Å²) in [5.74, 6) is 0.00255. The molecule has 18 heavy (non-hydrogen) atoms. The largest absolute Gasteiger partial charge is 0.477 e. The Morgan fingerprint density at radius 3 is 2.78 bits per heavy atom. The number of nitrogens with zero attached hydrogens (tertiary/aromatic N) is 1. The molecule has 2 rings (SSSR count). The van der Waals surface area contributed by atoms with Gasteiger partial charge in [-0.15, -0.1) is 11.8 Å². The minimum Gasteiger partial charge on any atom is -0.477 e. The van der Waals surface area contributed by atoms with E-state index in [1.54, 1.807) is 11.8 Å². The van der Waals surface area contributed by atoms with Crippen molar-refractivity contribution >= 4 is 23.6 Å². The lowest BCUT2D eigenvalue weighted by Crippen LogP contribution is -2.58. The number of fused-ring (bicyclic) bond motifs is 1. The molecule has 0 aromatic heterocycles. The van der Waals surface area contributed by atoms with Crippen LogP contribution in [0.25, 0.3) is 0 Å². The van der Waals surface area contributed by atoms with E-state index in [2.05, 4.69) is 6.92 Å². The molecular weight excluding hydrogens is 250 g/mol. The Morgan fingerprint density at radius 2 is 2.22 bits per heavy atom. The third kappa shape index (κ3) is 2.05. The highest BCUT2D eigenvalue weighted by atomic mass is 32.2. The quantitative estimate of drug-likeness (QED) is 0.594. The van der Waals surface area contributed by atoms with Gasteiger partial charge in [-0.05, 0) is 18.6 Å². The molecule has 1 N–H and O–H groups in total. The van der Waals surface area contributed by atoms with Gasteiger partial charge in [0.25, 0.3) is 0 Å². The molecule has 2 heterocycles. The number of carboxylic acids is 1.